The Morgan fingerprint density at radius 1 is 1.15 bits per heavy atom. The summed E-state index contributed by atoms with van der Waals surface area (Å²) >= 11 is 1.56. The van der Waals surface area contributed by atoms with E-state index < -0.39 is 0 Å². The van der Waals surface area contributed by atoms with Gasteiger partial charge in [-0.3, -0.25) is 4.79 Å². The van der Waals surface area contributed by atoms with Crippen molar-refractivity contribution in [1.29, 1.82) is 0 Å². The van der Waals surface area contributed by atoms with E-state index in [4.69, 9.17) is 0 Å². The molecule has 0 aliphatic rings. The minimum Gasteiger partial charge on any atom is -0.344 e. The Hall–Kier alpha value is -1.61. The molecule has 3 heteroatoms. The van der Waals surface area contributed by atoms with E-state index in [1.807, 2.05) is 38.1 Å². The molecule has 0 saturated carbocycles. The van der Waals surface area contributed by atoms with E-state index >= 15 is 0 Å². The Balaban J connectivity index is 2.19. The Kier molecular flexibility index (Phi) is 4.61. The Labute approximate surface area is 124 Å². The van der Waals surface area contributed by atoms with E-state index in [9.17, 15) is 4.79 Å². The molecule has 2 rings (SSSR count). The van der Waals surface area contributed by atoms with E-state index in [0.717, 1.165) is 10.4 Å². The van der Waals surface area contributed by atoms with Crippen LogP contribution in [0.5, 0.6) is 0 Å². The van der Waals surface area contributed by atoms with Gasteiger partial charge in [0, 0.05) is 4.88 Å². The summed E-state index contributed by atoms with van der Waals surface area (Å²) in [4.78, 5) is 14.4. The highest BCUT2D eigenvalue weighted by molar-refractivity contribution is 7.14. The molecule has 1 atom stereocenters. The van der Waals surface area contributed by atoms with Gasteiger partial charge in [0.25, 0.3) is 5.91 Å². The van der Waals surface area contributed by atoms with Crippen molar-refractivity contribution in [3.05, 3.63) is 57.3 Å². The number of thiophene rings is 1. The standard InChI is InChI=1S/C17H21NOS/c1-11(2)16(14-8-6-5-7-9-14)18-17(19)15-10-12(3)13(4)20-15/h5-11,16H,1-4H3,(H,18,19)/t16-/m1/s1. The van der Waals surface area contributed by atoms with Crippen LogP contribution in [-0.4, -0.2) is 5.91 Å². The lowest BCUT2D eigenvalue weighted by molar-refractivity contribution is 0.0929. The molecular formula is C17H21NOS. The average Bonchev–Trinajstić information content (AvgIpc) is 2.76. The van der Waals surface area contributed by atoms with Gasteiger partial charge in [0.05, 0.1) is 10.9 Å². The third-order valence-corrected chi connectivity index (χ3v) is 4.65. The Morgan fingerprint density at radius 2 is 1.80 bits per heavy atom. The van der Waals surface area contributed by atoms with Gasteiger partial charge in [-0.1, -0.05) is 44.2 Å². The smallest absolute Gasteiger partial charge is 0.261 e. The molecule has 0 aliphatic heterocycles. The van der Waals surface area contributed by atoms with Crippen LogP contribution in [0.15, 0.2) is 36.4 Å². The maximum Gasteiger partial charge on any atom is 0.261 e. The normalized spacial score (nSPS) is 12.4. The van der Waals surface area contributed by atoms with Gasteiger partial charge in [-0.2, -0.15) is 0 Å². The second kappa shape index (κ2) is 6.23. The van der Waals surface area contributed by atoms with Gasteiger partial charge >= 0.3 is 0 Å². The zero-order chi connectivity index (χ0) is 14.7. The number of amides is 1. The highest BCUT2D eigenvalue weighted by atomic mass is 32.1. The third-order valence-electron chi connectivity index (χ3n) is 3.50. The van der Waals surface area contributed by atoms with Crippen molar-refractivity contribution in [2.24, 2.45) is 5.92 Å². The largest absolute Gasteiger partial charge is 0.344 e. The first kappa shape index (κ1) is 14.8. The molecule has 1 aromatic heterocycles. The van der Waals surface area contributed by atoms with Gasteiger partial charge in [-0.05, 0) is 37.0 Å². The Bertz CT molecular complexity index is 567. The van der Waals surface area contributed by atoms with E-state index in [0.29, 0.717) is 5.92 Å². The molecule has 0 aliphatic carbocycles. The van der Waals surface area contributed by atoms with Crippen LogP contribution in [0, 0.1) is 19.8 Å². The average molecular weight is 287 g/mol. The lowest BCUT2D eigenvalue weighted by Gasteiger charge is -2.22. The second-order valence-electron chi connectivity index (χ2n) is 5.46. The topological polar surface area (TPSA) is 29.1 Å². The first-order valence-corrected chi connectivity index (χ1v) is 7.73. The number of aryl methyl sites for hydroxylation is 2. The van der Waals surface area contributed by atoms with Crippen molar-refractivity contribution >= 4 is 17.2 Å². The molecule has 0 fully saturated rings. The molecule has 2 nitrogen and oxygen atoms in total. The van der Waals surface area contributed by atoms with Crippen LogP contribution in [-0.2, 0) is 0 Å². The second-order valence-corrected chi connectivity index (χ2v) is 6.71. The minimum absolute atomic E-state index is 0.0220. The highest BCUT2D eigenvalue weighted by Gasteiger charge is 2.20. The molecule has 0 unspecified atom stereocenters. The maximum absolute atomic E-state index is 12.4. The maximum atomic E-state index is 12.4. The summed E-state index contributed by atoms with van der Waals surface area (Å²) in [5.41, 5.74) is 2.34. The summed E-state index contributed by atoms with van der Waals surface area (Å²) in [6.07, 6.45) is 0. The van der Waals surface area contributed by atoms with Crippen molar-refractivity contribution in [2.75, 3.05) is 0 Å². The fourth-order valence-electron chi connectivity index (χ4n) is 2.19. The molecule has 1 amide bonds. The van der Waals surface area contributed by atoms with Gasteiger partial charge in [0.2, 0.25) is 0 Å². The summed E-state index contributed by atoms with van der Waals surface area (Å²) in [7, 11) is 0. The molecule has 0 spiro atoms. The molecule has 1 aromatic carbocycles. The lowest BCUT2D eigenvalue weighted by atomic mass is 9.96. The number of rotatable bonds is 4. The number of hydrogen-bond acceptors (Lipinski definition) is 2. The molecule has 0 radical (unpaired) electrons. The van der Waals surface area contributed by atoms with Gasteiger partial charge < -0.3 is 5.32 Å². The van der Waals surface area contributed by atoms with Gasteiger partial charge in [-0.25, -0.2) is 0 Å². The van der Waals surface area contributed by atoms with Crippen LogP contribution in [0.1, 0.15) is 45.6 Å². The fourth-order valence-corrected chi connectivity index (χ4v) is 3.13. The predicted molar refractivity (Wildman–Crippen MR) is 85.3 cm³/mol. The summed E-state index contributed by atoms with van der Waals surface area (Å²) < 4.78 is 0. The van der Waals surface area contributed by atoms with Gasteiger partial charge in [0.1, 0.15) is 0 Å². The Morgan fingerprint density at radius 3 is 2.30 bits per heavy atom. The van der Waals surface area contributed by atoms with Crippen LogP contribution >= 0.6 is 11.3 Å². The van der Waals surface area contributed by atoms with Crippen molar-refractivity contribution in [1.82, 2.24) is 5.32 Å². The lowest BCUT2D eigenvalue weighted by Crippen LogP contribution is -2.31. The predicted octanol–water partition coefficient (Wildman–Crippen LogP) is 4.49. The molecule has 1 heterocycles. The van der Waals surface area contributed by atoms with Crippen molar-refractivity contribution < 1.29 is 4.79 Å². The zero-order valence-electron chi connectivity index (χ0n) is 12.4. The van der Waals surface area contributed by atoms with E-state index in [1.165, 1.54) is 10.4 Å². The molecule has 2 aromatic rings. The summed E-state index contributed by atoms with van der Waals surface area (Å²) in [6.45, 7) is 8.35. The van der Waals surface area contributed by atoms with Gasteiger partial charge in [0.15, 0.2) is 0 Å². The monoisotopic (exact) mass is 287 g/mol. The quantitative estimate of drug-likeness (QED) is 0.882. The van der Waals surface area contributed by atoms with Gasteiger partial charge in [-0.15, -0.1) is 11.3 Å². The van der Waals surface area contributed by atoms with Crippen molar-refractivity contribution in [3.8, 4) is 0 Å². The molecule has 1 N–H and O–H groups in total. The summed E-state index contributed by atoms with van der Waals surface area (Å²) in [5.74, 6) is 0.372. The molecule has 0 saturated heterocycles. The summed E-state index contributed by atoms with van der Waals surface area (Å²) in [5, 5.41) is 3.16. The molecule has 0 bridgehead atoms. The van der Waals surface area contributed by atoms with E-state index in [1.54, 1.807) is 11.3 Å². The zero-order valence-corrected chi connectivity index (χ0v) is 13.3. The van der Waals surface area contributed by atoms with Crippen LogP contribution in [0.4, 0.5) is 0 Å². The summed E-state index contributed by atoms with van der Waals surface area (Å²) in [6, 6.07) is 12.2. The number of carbonyl (C=O) groups is 1. The number of hydrogen-bond donors (Lipinski definition) is 1. The minimum atomic E-state index is 0.0220. The molecule has 20 heavy (non-hydrogen) atoms. The number of nitrogens with one attached hydrogen (secondary N) is 1. The van der Waals surface area contributed by atoms with Crippen molar-refractivity contribution in [2.45, 2.75) is 33.7 Å². The van der Waals surface area contributed by atoms with Crippen LogP contribution in [0.25, 0.3) is 0 Å². The van der Waals surface area contributed by atoms with Crippen molar-refractivity contribution in [3.63, 3.8) is 0 Å². The SMILES string of the molecule is Cc1cc(C(=O)N[C@@H](c2ccccc2)C(C)C)sc1C. The van der Waals surface area contributed by atoms with Crippen LogP contribution in [0.3, 0.4) is 0 Å². The highest BCUT2D eigenvalue weighted by Crippen LogP contribution is 2.24. The molecule has 106 valence electrons. The third kappa shape index (κ3) is 3.28. The van der Waals surface area contributed by atoms with E-state index in [2.05, 4.69) is 31.3 Å². The first-order chi connectivity index (χ1) is 9.49. The number of benzene rings is 1. The van der Waals surface area contributed by atoms with Crippen LogP contribution < -0.4 is 5.32 Å². The first-order valence-electron chi connectivity index (χ1n) is 6.92. The van der Waals surface area contributed by atoms with Crippen LogP contribution in [0.2, 0.25) is 0 Å². The molecular weight excluding hydrogens is 266 g/mol. The van der Waals surface area contributed by atoms with E-state index in [-0.39, 0.29) is 11.9 Å². The number of carbonyl (C=O) groups excluding carboxylic acids is 1. The fraction of sp³-hybridized carbons (Fsp3) is 0.353.